The molecule has 0 atom stereocenters. The molecular formula is C24H18N4O8. The number of hydrogen-bond donors (Lipinski definition) is 1. The summed E-state index contributed by atoms with van der Waals surface area (Å²) in [6.45, 7) is 0.118. The molecule has 1 N–H and O–H groups in total. The summed E-state index contributed by atoms with van der Waals surface area (Å²) >= 11 is 0. The number of amides is 3. The molecule has 3 aromatic carbocycles. The van der Waals surface area contributed by atoms with Crippen molar-refractivity contribution in [3.63, 3.8) is 0 Å². The van der Waals surface area contributed by atoms with Gasteiger partial charge in [-0.1, -0.05) is 36.4 Å². The summed E-state index contributed by atoms with van der Waals surface area (Å²) in [7, 11) is 1.35. The third-order valence-electron chi connectivity index (χ3n) is 5.21. The van der Waals surface area contributed by atoms with Crippen LogP contribution in [0.5, 0.6) is 17.2 Å². The van der Waals surface area contributed by atoms with Gasteiger partial charge in [0.25, 0.3) is 11.6 Å². The van der Waals surface area contributed by atoms with Crippen molar-refractivity contribution in [1.29, 1.82) is 0 Å². The quantitative estimate of drug-likeness (QED) is 0.211. The summed E-state index contributed by atoms with van der Waals surface area (Å²) in [5.74, 6) is -0.437. The van der Waals surface area contributed by atoms with Gasteiger partial charge in [0.1, 0.15) is 5.70 Å². The van der Waals surface area contributed by atoms with Crippen molar-refractivity contribution in [3.8, 4) is 17.2 Å². The molecule has 1 aliphatic heterocycles. The first kappa shape index (κ1) is 23.9. The van der Waals surface area contributed by atoms with E-state index in [1.165, 1.54) is 25.3 Å². The van der Waals surface area contributed by atoms with Crippen LogP contribution in [0.2, 0.25) is 0 Å². The third-order valence-corrected chi connectivity index (χ3v) is 5.21. The first-order chi connectivity index (χ1) is 17.3. The van der Waals surface area contributed by atoms with E-state index in [0.717, 1.165) is 28.7 Å². The van der Waals surface area contributed by atoms with E-state index in [-0.39, 0.29) is 29.5 Å². The molecule has 0 radical (unpaired) electrons. The number of carbonyl (C=O) groups excluding carboxylic acids is 2. The number of imide groups is 1. The number of nitro groups is 2. The number of urea groups is 1. The second-order valence-electron chi connectivity index (χ2n) is 7.54. The molecule has 0 saturated carbocycles. The van der Waals surface area contributed by atoms with Gasteiger partial charge < -0.3 is 14.8 Å². The van der Waals surface area contributed by atoms with Crippen LogP contribution in [-0.2, 0) is 11.3 Å². The van der Waals surface area contributed by atoms with Crippen LogP contribution in [0.4, 0.5) is 16.2 Å². The second kappa shape index (κ2) is 9.93. The summed E-state index contributed by atoms with van der Waals surface area (Å²) in [6, 6.07) is 16.1. The van der Waals surface area contributed by atoms with E-state index in [1.807, 2.05) is 18.2 Å². The lowest BCUT2D eigenvalue weighted by Gasteiger charge is -2.12. The maximum absolute atomic E-state index is 12.8. The largest absolute Gasteiger partial charge is 0.493 e. The van der Waals surface area contributed by atoms with Crippen LogP contribution in [0.3, 0.4) is 0 Å². The van der Waals surface area contributed by atoms with E-state index < -0.39 is 33.2 Å². The van der Waals surface area contributed by atoms with E-state index in [2.05, 4.69) is 5.32 Å². The Bertz CT molecular complexity index is 1400. The Balaban J connectivity index is 1.58. The Morgan fingerprint density at radius 2 is 1.64 bits per heavy atom. The van der Waals surface area contributed by atoms with Gasteiger partial charge in [-0.2, -0.15) is 0 Å². The minimum absolute atomic E-state index is 0.0673. The van der Waals surface area contributed by atoms with Gasteiger partial charge in [0.05, 0.1) is 29.6 Å². The Hall–Kier alpha value is -5.26. The number of nitrogens with zero attached hydrogens (tertiary/aromatic N) is 3. The second-order valence-corrected chi connectivity index (χ2v) is 7.54. The zero-order valence-electron chi connectivity index (χ0n) is 18.7. The first-order valence-electron chi connectivity index (χ1n) is 10.4. The summed E-state index contributed by atoms with van der Waals surface area (Å²) in [4.78, 5) is 47.0. The fourth-order valence-corrected chi connectivity index (χ4v) is 3.47. The predicted molar refractivity (Wildman–Crippen MR) is 126 cm³/mol. The average Bonchev–Trinajstić information content (AvgIpc) is 3.12. The highest BCUT2D eigenvalue weighted by Crippen LogP contribution is 2.38. The summed E-state index contributed by atoms with van der Waals surface area (Å²) in [6.07, 6.45) is 1.46. The molecule has 0 bridgehead atoms. The SMILES string of the molecule is COc1cc(/C=C2/NC(=O)N(Cc3ccccc3)C2=O)ccc1Oc1ccc([N+](=O)[O-])cc1[N+](=O)[O-]. The molecule has 0 unspecified atom stereocenters. The number of hydrogen-bond acceptors (Lipinski definition) is 8. The molecule has 0 aromatic heterocycles. The molecule has 12 heteroatoms. The van der Waals surface area contributed by atoms with E-state index >= 15 is 0 Å². The highest BCUT2D eigenvalue weighted by Gasteiger charge is 2.33. The zero-order chi connectivity index (χ0) is 25.8. The van der Waals surface area contributed by atoms with Crippen molar-refractivity contribution >= 4 is 29.4 Å². The van der Waals surface area contributed by atoms with Gasteiger partial charge in [-0.15, -0.1) is 0 Å². The molecule has 12 nitrogen and oxygen atoms in total. The maximum atomic E-state index is 12.8. The molecular weight excluding hydrogens is 472 g/mol. The maximum Gasteiger partial charge on any atom is 0.329 e. The van der Waals surface area contributed by atoms with Crippen LogP contribution in [0.1, 0.15) is 11.1 Å². The number of carbonyl (C=O) groups is 2. The molecule has 1 saturated heterocycles. The molecule has 1 aliphatic rings. The average molecular weight is 490 g/mol. The van der Waals surface area contributed by atoms with E-state index in [4.69, 9.17) is 9.47 Å². The summed E-state index contributed by atoms with van der Waals surface area (Å²) in [5, 5.41) is 24.9. The Morgan fingerprint density at radius 3 is 2.31 bits per heavy atom. The molecule has 0 aliphatic carbocycles. The van der Waals surface area contributed by atoms with Crippen LogP contribution in [-0.4, -0.2) is 33.8 Å². The smallest absolute Gasteiger partial charge is 0.329 e. The highest BCUT2D eigenvalue weighted by atomic mass is 16.6. The van der Waals surface area contributed by atoms with Crippen LogP contribution in [0.15, 0.2) is 72.4 Å². The number of ether oxygens (including phenoxy) is 2. The van der Waals surface area contributed by atoms with Gasteiger partial charge in [0.2, 0.25) is 5.75 Å². The molecule has 0 spiro atoms. The molecule has 3 amide bonds. The Kier molecular flexibility index (Phi) is 6.59. The number of nitro benzene ring substituents is 2. The number of non-ortho nitro benzene ring substituents is 1. The lowest BCUT2D eigenvalue weighted by molar-refractivity contribution is -0.394. The first-order valence-corrected chi connectivity index (χ1v) is 10.4. The van der Waals surface area contributed by atoms with Crippen molar-refractivity contribution in [2.75, 3.05) is 7.11 Å². The fourth-order valence-electron chi connectivity index (χ4n) is 3.47. The van der Waals surface area contributed by atoms with Crippen molar-refractivity contribution in [2.24, 2.45) is 0 Å². The van der Waals surface area contributed by atoms with Gasteiger partial charge in [0.15, 0.2) is 11.5 Å². The van der Waals surface area contributed by atoms with Crippen LogP contribution in [0.25, 0.3) is 6.08 Å². The fraction of sp³-hybridized carbons (Fsp3) is 0.0833. The van der Waals surface area contributed by atoms with Crippen molar-refractivity contribution in [3.05, 3.63) is 104 Å². The molecule has 1 heterocycles. The van der Waals surface area contributed by atoms with E-state index in [0.29, 0.717) is 5.56 Å². The Morgan fingerprint density at radius 1 is 0.917 bits per heavy atom. The van der Waals surface area contributed by atoms with Gasteiger partial charge >= 0.3 is 11.7 Å². The van der Waals surface area contributed by atoms with Gasteiger partial charge in [0, 0.05) is 6.07 Å². The standard InChI is InChI=1S/C24H18N4O8/c1-35-22-12-16(11-18-23(29)26(24(30)25-18)14-15-5-3-2-4-6-15)7-9-21(22)36-20-10-8-17(27(31)32)13-19(20)28(33)34/h2-13H,14H2,1H3,(H,25,30)/b18-11+. The molecule has 182 valence electrons. The van der Waals surface area contributed by atoms with Crippen molar-refractivity contribution in [1.82, 2.24) is 10.2 Å². The lowest BCUT2D eigenvalue weighted by Crippen LogP contribution is -2.30. The lowest BCUT2D eigenvalue weighted by atomic mass is 10.1. The van der Waals surface area contributed by atoms with Gasteiger partial charge in [-0.3, -0.25) is 29.9 Å². The molecule has 1 fully saturated rings. The number of nitrogens with one attached hydrogen (secondary N) is 1. The highest BCUT2D eigenvalue weighted by molar-refractivity contribution is 6.13. The summed E-state index contributed by atoms with van der Waals surface area (Å²) < 4.78 is 10.9. The van der Waals surface area contributed by atoms with Crippen molar-refractivity contribution < 1.29 is 28.9 Å². The Labute approximate surface area is 203 Å². The minimum Gasteiger partial charge on any atom is -0.493 e. The van der Waals surface area contributed by atoms with Crippen molar-refractivity contribution in [2.45, 2.75) is 6.54 Å². The van der Waals surface area contributed by atoms with E-state index in [1.54, 1.807) is 18.2 Å². The topological polar surface area (TPSA) is 154 Å². The zero-order valence-corrected chi connectivity index (χ0v) is 18.7. The minimum atomic E-state index is -0.789. The number of benzene rings is 3. The van der Waals surface area contributed by atoms with E-state index in [9.17, 15) is 29.8 Å². The molecule has 36 heavy (non-hydrogen) atoms. The molecule has 3 aromatic rings. The number of methoxy groups -OCH3 is 1. The third kappa shape index (κ3) is 4.97. The van der Waals surface area contributed by atoms with Crippen LogP contribution < -0.4 is 14.8 Å². The molecule has 4 rings (SSSR count). The van der Waals surface area contributed by atoms with Crippen LogP contribution in [0, 0.1) is 20.2 Å². The van der Waals surface area contributed by atoms with Gasteiger partial charge in [-0.25, -0.2) is 4.79 Å². The summed E-state index contributed by atoms with van der Waals surface area (Å²) in [5.41, 5.74) is 0.314. The number of rotatable bonds is 8. The van der Waals surface area contributed by atoms with Crippen LogP contribution >= 0.6 is 0 Å². The predicted octanol–water partition coefficient (Wildman–Crippen LogP) is 4.40. The monoisotopic (exact) mass is 490 g/mol. The normalized spacial score (nSPS) is 14.0. The van der Waals surface area contributed by atoms with Gasteiger partial charge in [-0.05, 0) is 35.4 Å².